The van der Waals surface area contributed by atoms with E-state index in [1.165, 1.54) is 47.1 Å². The molecular formula is C16H27N3S2. The number of fused-ring (bicyclic) bond motifs is 1. The lowest BCUT2D eigenvalue weighted by Gasteiger charge is -2.37. The van der Waals surface area contributed by atoms with Gasteiger partial charge in [0, 0.05) is 28.5 Å². The van der Waals surface area contributed by atoms with Crippen molar-refractivity contribution in [3.63, 3.8) is 0 Å². The minimum absolute atomic E-state index is 0.491. The van der Waals surface area contributed by atoms with Crippen molar-refractivity contribution in [1.29, 1.82) is 0 Å². The largest absolute Gasteiger partial charge is 0.343 e. The molecule has 1 aromatic rings. The number of nitrogens with zero attached hydrogens (tertiary/aromatic N) is 2. The Morgan fingerprint density at radius 1 is 1.38 bits per heavy atom. The minimum Gasteiger partial charge on any atom is -0.343 e. The highest BCUT2D eigenvalue weighted by Gasteiger charge is 2.30. The highest BCUT2D eigenvalue weighted by Crippen LogP contribution is 2.39. The van der Waals surface area contributed by atoms with Crippen molar-refractivity contribution in [2.45, 2.75) is 63.8 Å². The van der Waals surface area contributed by atoms with Gasteiger partial charge in [-0.3, -0.25) is 0 Å². The SMILES string of the molecule is CCCNC1CCCc2sc(N3CCSC(C)C3C)nc21. The second-order valence-electron chi connectivity index (χ2n) is 6.21. The molecule has 0 radical (unpaired) electrons. The van der Waals surface area contributed by atoms with Crippen LogP contribution in [-0.4, -0.2) is 35.1 Å². The molecule has 118 valence electrons. The van der Waals surface area contributed by atoms with Gasteiger partial charge in [-0.25, -0.2) is 4.98 Å². The molecule has 3 unspecified atom stereocenters. The van der Waals surface area contributed by atoms with E-state index in [9.17, 15) is 0 Å². The summed E-state index contributed by atoms with van der Waals surface area (Å²) in [7, 11) is 0. The first-order valence-corrected chi connectivity index (χ1v) is 10.2. The fourth-order valence-corrected chi connectivity index (χ4v) is 5.63. The average Bonchev–Trinajstić information content (AvgIpc) is 2.92. The van der Waals surface area contributed by atoms with E-state index in [1.807, 2.05) is 11.3 Å². The molecule has 1 aliphatic heterocycles. The minimum atomic E-state index is 0.491. The summed E-state index contributed by atoms with van der Waals surface area (Å²) in [6.07, 6.45) is 4.97. The van der Waals surface area contributed by atoms with Crippen molar-refractivity contribution in [3.8, 4) is 0 Å². The third-order valence-electron chi connectivity index (χ3n) is 4.71. The van der Waals surface area contributed by atoms with E-state index in [-0.39, 0.29) is 0 Å². The molecule has 0 spiro atoms. The van der Waals surface area contributed by atoms with Gasteiger partial charge >= 0.3 is 0 Å². The number of rotatable bonds is 4. The van der Waals surface area contributed by atoms with Crippen LogP contribution in [0.3, 0.4) is 0 Å². The summed E-state index contributed by atoms with van der Waals surface area (Å²) in [4.78, 5) is 9.14. The molecule has 1 aromatic heterocycles. The van der Waals surface area contributed by atoms with E-state index in [0.717, 1.165) is 13.1 Å². The smallest absolute Gasteiger partial charge is 0.186 e. The van der Waals surface area contributed by atoms with Crippen LogP contribution in [0.1, 0.15) is 56.6 Å². The predicted octanol–water partition coefficient (Wildman–Crippen LogP) is 3.85. The zero-order chi connectivity index (χ0) is 14.8. The molecule has 0 amide bonds. The van der Waals surface area contributed by atoms with E-state index < -0.39 is 0 Å². The van der Waals surface area contributed by atoms with Crippen LogP contribution in [0.25, 0.3) is 0 Å². The Morgan fingerprint density at radius 3 is 3.05 bits per heavy atom. The molecule has 0 bridgehead atoms. The Balaban J connectivity index is 1.80. The monoisotopic (exact) mass is 325 g/mol. The summed E-state index contributed by atoms with van der Waals surface area (Å²) in [5.74, 6) is 1.23. The van der Waals surface area contributed by atoms with Gasteiger partial charge < -0.3 is 10.2 Å². The first-order valence-electron chi connectivity index (χ1n) is 8.32. The normalized spacial score (nSPS) is 29.5. The Bertz CT molecular complexity index is 474. The highest BCUT2D eigenvalue weighted by atomic mass is 32.2. The second-order valence-corrected chi connectivity index (χ2v) is 8.76. The third kappa shape index (κ3) is 3.25. The zero-order valence-electron chi connectivity index (χ0n) is 13.4. The fraction of sp³-hybridized carbons (Fsp3) is 0.812. The fourth-order valence-electron chi connectivity index (χ4n) is 3.25. The third-order valence-corrected chi connectivity index (χ3v) is 7.22. The van der Waals surface area contributed by atoms with E-state index >= 15 is 0 Å². The highest BCUT2D eigenvalue weighted by molar-refractivity contribution is 8.00. The summed E-state index contributed by atoms with van der Waals surface area (Å²) in [5.41, 5.74) is 1.35. The quantitative estimate of drug-likeness (QED) is 0.910. The van der Waals surface area contributed by atoms with E-state index in [0.29, 0.717) is 17.3 Å². The van der Waals surface area contributed by atoms with Gasteiger partial charge in [0.1, 0.15) is 0 Å². The van der Waals surface area contributed by atoms with Crippen LogP contribution in [0.2, 0.25) is 0 Å². The van der Waals surface area contributed by atoms with Gasteiger partial charge in [-0.05, 0) is 39.2 Å². The molecule has 3 rings (SSSR count). The molecule has 0 aromatic carbocycles. The maximum atomic E-state index is 5.07. The molecule has 5 heteroatoms. The van der Waals surface area contributed by atoms with Gasteiger partial charge in [-0.15, -0.1) is 11.3 Å². The number of nitrogens with one attached hydrogen (secondary N) is 1. The Morgan fingerprint density at radius 2 is 2.24 bits per heavy atom. The van der Waals surface area contributed by atoms with Gasteiger partial charge in [0.2, 0.25) is 0 Å². The molecule has 2 aliphatic rings. The van der Waals surface area contributed by atoms with Crippen molar-refractivity contribution in [3.05, 3.63) is 10.6 Å². The second kappa shape index (κ2) is 6.88. The van der Waals surface area contributed by atoms with Crippen molar-refractivity contribution >= 4 is 28.2 Å². The first kappa shape index (κ1) is 15.6. The van der Waals surface area contributed by atoms with Crippen LogP contribution in [0, 0.1) is 0 Å². The number of thioether (sulfide) groups is 1. The number of aryl methyl sites for hydroxylation is 1. The number of aromatic nitrogens is 1. The summed E-state index contributed by atoms with van der Waals surface area (Å²) in [6, 6.07) is 1.09. The van der Waals surface area contributed by atoms with Gasteiger partial charge in [0.25, 0.3) is 0 Å². The molecule has 3 nitrogen and oxygen atoms in total. The van der Waals surface area contributed by atoms with E-state index in [2.05, 4.69) is 42.7 Å². The van der Waals surface area contributed by atoms with Crippen LogP contribution in [-0.2, 0) is 6.42 Å². The lowest BCUT2D eigenvalue weighted by atomic mass is 9.97. The van der Waals surface area contributed by atoms with E-state index in [1.54, 1.807) is 0 Å². The lowest BCUT2D eigenvalue weighted by molar-refractivity contribution is 0.454. The molecule has 2 heterocycles. The zero-order valence-corrected chi connectivity index (χ0v) is 15.0. The lowest BCUT2D eigenvalue weighted by Crippen LogP contribution is -2.44. The van der Waals surface area contributed by atoms with Crippen LogP contribution >= 0.6 is 23.1 Å². The molecular weight excluding hydrogens is 298 g/mol. The van der Waals surface area contributed by atoms with Crippen LogP contribution < -0.4 is 10.2 Å². The Kier molecular flexibility index (Phi) is 5.12. The average molecular weight is 326 g/mol. The van der Waals surface area contributed by atoms with Crippen molar-refractivity contribution < 1.29 is 0 Å². The maximum absolute atomic E-state index is 5.07. The van der Waals surface area contributed by atoms with Gasteiger partial charge in [0.05, 0.1) is 11.7 Å². The van der Waals surface area contributed by atoms with Crippen LogP contribution in [0.15, 0.2) is 0 Å². The molecule has 1 N–H and O–H groups in total. The van der Waals surface area contributed by atoms with Crippen LogP contribution in [0.4, 0.5) is 5.13 Å². The molecule has 1 aliphatic carbocycles. The van der Waals surface area contributed by atoms with Crippen molar-refractivity contribution in [2.75, 3.05) is 23.7 Å². The summed E-state index contributed by atoms with van der Waals surface area (Å²) in [6.45, 7) is 9.18. The van der Waals surface area contributed by atoms with Crippen molar-refractivity contribution in [1.82, 2.24) is 10.3 Å². The number of hydrogen-bond acceptors (Lipinski definition) is 5. The number of thiazole rings is 1. The Hall–Kier alpha value is -0.260. The predicted molar refractivity (Wildman–Crippen MR) is 94.8 cm³/mol. The van der Waals surface area contributed by atoms with E-state index in [4.69, 9.17) is 4.98 Å². The van der Waals surface area contributed by atoms with Gasteiger partial charge in [-0.1, -0.05) is 13.8 Å². The molecule has 0 saturated carbocycles. The molecule has 21 heavy (non-hydrogen) atoms. The van der Waals surface area contributed by atoms with Crippen LogP contribution in [0.5, 0.6) is 0 Å². The first-order chi connectivity index (χ1) is 10.2. The number of anilines is 1. The summed E-state index contributed by atoms with van der Waals surface area (Å²) >= 11 is 4.04. The Labute approximate surface area is 136 Å². The van der Waals surface area contributed by atoms with Crippen molar-refractivity contribution in [2.24, 2.45) is 0 Å². The maximum Gasteiger partial charge on any atom is 0.186 e. The molecule has 3 atom stereocenters. The molecule has 1 fully saturated rings. The standard InChI is InChI=1S/C16H27N3S2/c1-4-8-17-13-6-5-7-14-15(13)18-16(21-14)19-9-10-20-12(3)11(19)2/h11-13,17H,4-10H2,1-3H3. The van der Waals surface area contributed by atoms with Gasteiger partial charge in [-0.2, -0.15) is 11.8 Å². The molecule has 1 saturated heterocycles. The summed E-state index contributed by atoms with van der Waals surface area (Å²) in [5, 5.41) is 5.66. The van der Waals surface area contributed by atoms with Gasteiger partial charge in [0.15, 0.2) is 5.13 Å². The summed E-state index contributed by atoms with van der Waals surface area (Å²) < 4.78 is 0. The topological polar surface area (TPSA) is 28.2 Å². The number of hydrogen-bond donors (Lipinski definition) is 1.